The summed E-state index contributed by atoms with van der Waals surface area (Å²) in [7, 11) is -3.52. The molecule has 1 aromatic carbocycles. The number of carbonyl (C=O) groups is 1. The number of carbonyl (C=O) groups excluding carboxylic acids is 1. The van der Waals surface area contributed by atoms with E-state index in [4.69, 9.17) is 21.1 Å². The lowest BCUT2D eigenvalue weighted by molar-refractivity contribution is 0.0710. The summed E-state index contributed by atoms with van der Waals surface area (Å²) < 4.78 is 39.2. The van der Waals surface area contributed by atoms with Gasteiger partial charge in [-0.05, 0) is 49.8 Å². The largest absolute Gasteiger partial charge is 0.490 e. The Morgan fingerprint density at radius 3 is 2.61 bits per heavy atom. The molecule has 1 aliphatic rings. The highest BCUT2D eigenvalue weighted by molar-refractivity contribution is 7.91. The van der Waals surface area contributed by atoms with Crippen LogP contribution in [0.5, 0.6) is 11.5 Å². The van der Waals surface area contributed by atoms with Gasteiger partial charge in [0, 0.05) is 24.7 Å². The molecule has 31 heavy (non-hydrogen) atoms. The van der Waals surface area contributed by atoms with E-state index in [1.807, 2.05) is 13.8 Å². The molecule has 0 spiro atoms. The number of nitrogens with zero attached hydrogens (tertiary/aromatic N) is 1. The van der Waals surface area contributed by atoms with Gasteiger partial charge in [0.1, 0.15) is 4.21 Å². The molecule has 1 aromatic heterocycles. The normalized spacial score (nSPS) is 15.1. The van der Waals surface area contributed by atoms with Crippen molar-refractivity contribution in [3.63, 3.8) is 0 Å². The number of rotatable bonds is 9. The summed E-state index contributed by atoms with van der Waals surface area (Å²) >= 11 is 7.57. The van der Waals surface area contributed by atoms with E-state index >= 15 is 0 Å². The predicted octanol–water partition coefficient (Wildman–Crippen LogP) is 4.17. The summed E-state index contributed by atoms with van der Waals surface area (Å²) in [6.07, 6.45) is 1.91. The zero-order valence-electron chi connectivity index (χ0n) is 17.6. The Kier molecular flexibility index (Phi) is 8.21. The summed E-state index contributed by atoms with van der Waals surface area (Å²) in [5.41, 5.74) is 0.426. The number of nitrogens with one attached hydrogen (secondary N) is 1. The second-order valence-electron chi connectivity index (χ2n) is 7.19. The van der Waals surface area contributed by atoms with Crippen molar-refractivity contribution >= 4 is 38.9 Å². The average molecular weight is 487 g/mol. The highest BCUT2D eigenvalue weighted by atomic mass is 35.5. The van der Waals surface area contributed by atoms with E-state index in [1.54, 1.807) is 34.5 Å². The lowest BCUT2D eigenvalue weighted by Crippen LogP contribution is -2.46. The molecular formula is C21H27ClN2O5S2. The Morgan fingerprint density at radius 1 is 1.26 bits per heavy atom. The maximum Gasteiger partial charge on any atom is 0.254 e. The third kappa shape index (κ3) is 5.91. The SMILES string of the molecule is CCCOc1c(Cl)cc(C(=O)N2CCC(NS(=O)(=O)c3cccs3)CC2)cc1OCC. The minimum absolute atomic E-state index is 0.163. The Labute approximate surface area is 192 Å². The van der Waals surface area contributed by atoms with Crippen LogP contribution >= 0.6 is 22.9 Å². The smallest absolute Gasteiger partial charge is 0.254 e. The Hall–Kier alpha value is -1.81. The van der Waals surface area contributed by atoms with Gasteiger partial charge in [0.2, 0.25) is 10.0 Å². The van der Waals surface area contributed by atoms with Gasteiger partial charge in [-0.2, -0.15) is 0 Å². The average Bonchev–Trinajstić information content (AvgIpc) is 3.29. The Balaban J connectivity index is 1.66. The second-order valence-corrected chi connectivity index (χ2v) is 10.5. The van der Waals surface area contributed by atoms with Crippen LogP contribution in [0.4, 0.5) is 0 Å². The van der Waals surface area contributed by atoms with Crippen molar-refractivity contribution in [1.29, 1.82) is 0 Å². The molecule has 0 bridgehead atoms. The molecule has 0 unspecified atom stereocenters. The summed E-state index contributed by atoms with van der Waals surface area (Å²) in [5.74, 6) is 0.735. The third-order valence-electron chi connectivity index (χ3n) is 4.87. The monoisotopic (exact) mass is 486 g/mol. The topological polar surface area (TPSA) is 84.9 Å². The molecule has 0 atom stereocenters. The number of thiophene rings is 1. The Bertz CT molecular complexity index is 987. The fraction of sp³-hybridized carbons (Fsp3) is 0.476. The van der Waals surface area contributed by atoms with Gasteiger partial charge in [-0.15, -0.1) is 11.3 Å². The van der Waals surface area contributed by atoms with E-state index in [0.29, 0.717) is 65.4 Å². The van der Waals surface area contributed by atoms with E-state index in [2.05, 4.69) is 4.72 Å². The van der Waals surface area contributed by atoms with Gasteiger partial charge in [0.15, 0.2) is 11.5 Å². The number of hydrogen-bond donors (Lipinski definition) is 1. The van der Waals surface area contributed by atoms with Crippen molar-refractivity contribution in [1.82, 2.24) is 9.62 Å². The molecular weight excluding hydrogens is 460 g/mol. The molecule has 7 nitrogen and oxygen atoms in total. The molecule has 2 aromatic rings. The van der Waals surface area contributed by atoms with Crippen LogP contribution in [0.25, 0.3) is 0 Å². The molecule has 0 saturated carbocycles. The zero-order chi connectivity index (χ0) is 22.4. The van der Waals surface area contributed by atoms with E-state index < -0.39 is 10.0 Å². The molecule has 0 aliphatic carbocycles. The van der Waals surface area contributed by atoms with E-state index in [0.717, 1.165) is 6.42 Å². The maximum absolute atomic E-state index is 13.0. The van der Waals surface area contributed by atoms with Gasteiger partial charge < -0.3 is 14.4 Å². The number of amides is 1. The van der Waals surface area contributed by atoms with Crippen molar-refractivity contribution in [2.45, 2.75) is 43.4 Å². The lowest BCUT2D eigenvalue weighted by Gasteiger charge is -2.32. The second kappa shape index (κ2) is 10.7. The van der Waals surface area contributed by atoms with Gasteiger partial charge in [0.05, 0.1) is 18.2 Å². The fourth-order valence-corrected chi connectivity index (χ4v) is 5.96. The first kappa shape index (κ1) is 23.8. The minimum atomic E-state index is -3.52. The zero-order valence-corrected chi connectivity index (χ0v) is 20.0. The first-order chi connectivity index (χ1) is 14.9. The number of sulfonamides is 1. The molecule has 170 valence electrons. The summed E-state index contributed by atoms with van der Waals surface area (Å²) in [4.78, 5) is 14.8. The number of benzene rings is 1. The number of hydrogen-bond acceptors (Lipinski definition) is 6. The highest BCUT2D eigenvalue weighted by Crippen LogP contribution is 2.37. The minimum Gasteiger partial charge on any atom is -0.490 e. The van der Waals surface area contributed by atoms with Gasteiger partial charge >= 0.3 is 0 Å². The molecule has 1 N–H and O–H groups in total. The van der Waals surface area contributed by atoms with Gasteiger partial charge in [-0.3, -0.25) is 4.79 Å². The van der Waals surface area contributed by atoms with Crippen LogP contribution in [0.1, 0.15) is 43.5 Å². The van der Waals surface area contributed by atoms with Crippen LogP contribution in [-0.4, -0.2) is 51.6 Å². The third-order valence-corrected chi connectivity index (χ3v) is 8.07. The predicted molar refractivity (Wildman–Crippen MR) is 122 cm³/mol. The molecule has 1 amide bonds. The summed E-state index contributed by atoms with van der Waals surface area (Å²) in [6, 6.07) is 6.35. The first-order valence-electron chi connectivity index (χ1n) is 10.3. The molecule has 10 heteroatoms. The van der Waals surface area contributed by atoms with Crippen LogP contribution in [-0.2, 0) is 10.0 Å². The van der Waals surface area contributed by atoms with Crippen LogP contribution in [0.3, 0.4) is 0 Å². The molecule has 1 aliphatic heterocycles. The number of halogens is 1. The number of ether oxygens (including phenoxy) is 2. The van der Waals surface area contributed by atoms with Crippen LogP contribution in [0, 0.1) is 0 Å². The van der Waals surface area contributed by atoms with Gasteiger partial charge in [-0.1, -0.05) is 24.6 Å². The van der Waals surface area contributed by atoms with Crippen LogP contribution in [0.15, 0.2) is 33.9 Å². The molecule has 3 rings (SSSR count). The van der Waals surface area contributed by atoms with Gasteiger partial charge in [-0.25, -0.2) is 13.1 Å². The van der Waals surface area contributed by atoms with E-state index in [-0.39, 0.29) is 11.9 Å². The van der Waals surface area contributed by atoms with Gasteiger partial charge in [0.25, 0.3) is 5.91 Å². The van der Waals surface area contributed by atoms with Crippen molar-refractivity contribution in [3.8, 4) is 11.5 Å². The number of likely N-dealkylation sites (tertiary alicyclic amines) is 1. The van der Waals surface area contributed by atoms with Crippen molar-refractivity contribution in [3.05, 3.63) is 40.2 Å². The molecule has 2 heterocycles. The van der Waals surface area contributed by atoms with Crippen molar-refractivity contribution in [2.75, 3.05) is 26.3 Å². The molecule has 1 fully saturated rings. The quantitative estimate of drug-likeness (QED) is 0.575. The Morgan fingerprint density at radius 2 is 2.00 bits per heavy atom. The molecule has 0 radical (unpaired) electrons. The first-order valence-corrected chi connectivity index (χ1v) is 13.0. The standard InChI is InChI=1S/C21H27ClN2O5S2/c1-3-11-29-20-17(22)13-15(14-18(20)28-4-2)21(25)24-9-7-16(8-10-24)23-31(26,27)19-6-5-12-30-19/h5-6,12-14,16,23H,3-4,7-11H2,1-2H3. The van der Waals surface area contributed by atoms with Crippen molar-refractivity contribution in [2.24, 2.45) is 0 Å². The van der Waals surface area contributed by atoms with Crippen LogP contribution in [0.2, 0.25) is 5.02 Å². The van der Waals surface area contributed by atoms with Crippen LogP contribution < -0.4 is 14.2 Å². The van der Waals surface area contributed by atoms with E-state index in [1.165, 1.54) is 11.3 Å². The van der Waals surface area contributed by atoms with E-state index in [9.17, 15) is 13.2 Å². The number of piperidine rings is 1. The highest BCUT2D eigenvalue weighted by Gasteiger charge is 2.28. The fourth-order valence-electron chi connectivity index (χ4n) is 3.38. The summed E-state index contributed by atoms with van der Waals surface area (Å²) in [6.45, 7) is 5.68. The maximum atomic E-state index is 13.0. The van der Waals surface area contributed by atoms with Crippen molar-refractivity contribution < 1.29 is 22.7 Å². The molecule has 1 saturated heterocycles. The lowest BCUT2D eigenvalue weighted by atomic mass is 10.0. The summed E-state index contributed by atoms with van der Waals surface area (Å²) in [5, 5.41) is 2.07.